The topological polar surface area (TPSA) is 96.8 Å². The lowest BCUT2D eigenvalue weighted by Gasteiger charge is -2.33. The minimum absolute atomic E-state index is 0.0723. The van der Waals surface area contributed by atoms with E-state index in [1.807, 2.05) is 19.1 Å². The highest BCUT2D eigenvalue weighted by molar-refractivity contribution is 7.89. The summed E-state index contributed by atoms with van der Waals surface area (Å²) in [7, 11) is -3.87. The predicted octanol–water partition coefficient (Wildman–Crippen LogP) is 1.41. The molecule has 0 spiro atoms. The Kier molecular flexibility index (Phi) is 4.53. The molecule has 7 nitrogen and oxygen atoms in total. The molecular formula is C16H18N2O5S. The number of para-hydroxylation sites is 1. The zero-order valence-corrected chi connectivity index (χ0v) is 14.0. The third-order valence-corrected chi connectivity index (χ3v) is 5.96. The summed E-state index contributed by atoms with van der Waals surface area (Å²) >= 11 is 0. The molecule has 0 aliphatic carbocycles. The van der Waals surface area contributed by atoms with E-state index in [0.717, 1.165) is 10.9 Å². The van der Waals surface area contributed by atoms with Gasteiger partial charge in [-0.2, -0.15) is 4.31 Å². The molecule has 2 aromatic rings. The lowest BCUT2D eigenvalue weighted by atomic mass is 10.2. The second-order valence-corrected chi connectivity index (χ2v) is 7.64. The Bertz CT molecular complexity index is 881. The number of rotatable bonds is 4. The van der Waals surface area contributed by atoms with Gasteiger partial charge in [0.2, 0.25) is 10.0 Å². The molecule has 0 bridgehead atoms. The Morgan fingerprint density at radius 3 is 3.00 bits per heavy atom. The fourth-order valence-corrected chi connectivity index (χ4v) is 4.66. The van der Waals surface area contributed by atoms with E-state index in [-0.39, 0.29) is 31.1 Å². The van der Waals surface area contributed by atoms with Gasteiger partial charge in [0.15, 0.2) is 0 Å². The van der Waals surface area contributed by atoms with Crippen LogP contribution in [-0.4, -0.2) is 54.6 Å². The van der Waals surface area contributed by atoms with Crippen LogP contribution in [0.2, 0.25) is 0 Å². The molecule has 1 aromatic carbocycles. The Labute approximate surface area is 139 Å². The zero-order valence-electron chi connectivity index (χ0n) is 13.2. The molecule has 1 saturated heterocycles. The van der Waals surface area contributed by atoms with Gasteiger partial charge in [-0.1, -0.05) is 12.1 Å². The highest BCUT2D eigenvalue weighted by Gasteiger charge is 2.36. The normalized spacial score (nSPS) is 19.5. The number of benzene rings is 1. The number of pyridine rings is 1. The van der Waals surface area contributed by atoms with Crippen molar-refractivity contribution in [3.63, 3.8) is 0 Å². The first-order chi connectivity index (χ1) is 11.4. The molecule has 1 atom stereocenters. The van der Waals surface area contributed by atoms with Gasteiger partial charge in [-0.15, -0.1) is 0 Å². The van der Waals surface area contributed by atoms with Crippen molar-refractivity contribution in [3.05, 3.63) is 36.0 Å². The molecule has 1 aromatic heterocycles. The standard InChI is InChI=1S/C16H18N2O5S/c1-11-7-12-3-2-4-14(16(12)17-9-11)24(21,22)18-5-6-23-10-13(18)8-15(19)20/h2-4,7,9,13H,5-6,8,10H2,1H3,(H,19,20). The van der Waals surface area contributed by atoms with Crippen molar-refractivity contribution in [2.24, 2.45) is 0 Å². The number of fused-ring (bicyclic) bond motifs is 1. The van der Waals surface area contributed by atoms with Crippen LogP contribution in [0.5, 0.6) is 0 Å². The van der Waals surface area contributed by atoms with Crippen LogP contribution >= 0.6 is 0 Å². The Morgan fingerprint density at radius 1 is 1.46 bits per heavy atom. The molecule has 2 heterocycles. The number of ether oxygens (including phenoxy) is 1. The number of hydrogen-bond donors (Lipinski definition) is 1. The highest BCUT2D eigenvalue weighted by atomic mass is 32.2. The summed E-state index contributed by atoms with van der Waals surface area (Å²) in [6.07, 6.45) is 1.33. The van der Waals surface area contributed by atoms with Crippen LogP contribution in [0.15, 0.2) is 35.4 Å². The molecule has 1 aliphatic rings. The summed E-state index contributed by atoms with van der Waals surface area (Å²) in [5.41, 5.74) is 1.33. The van der Waals surface area contributed by atoms with Crippen LogP contribution in [0.4, 0.5) is 0 Å². The number of nitrogens with zero attached hydrogens (tertiary/aromatic N) is 2. The molecule has 1 unspecified atom stereocenters. The predicted molar refractivity (Wildman–Crippen MR) is 87.2 cm³/mol. The van der Waals surface area contributed by atoms with Crippen molar-refractivity contribution in [1.82, 2.24) is 9.29 Å². The van der Waals surface area contributed by atoms with Crippen molar-refractivity contribution >= 4 is 26.9 Å². The van der Waals surface area contributed by atoms with Crippen LogP contribution in [0.25, 0.3) is 10.9 Å². The van der Waals surface area contributed by atoms with Crippen molar-refractivity contribution in [2.45, 2.75) is 24.3 Å². The number of sulfonamides is 1. The molecule has 128 valence electrons. The minimum atomic E-state index is -3.87. The first kappa shape index (κ1) is 16.8. The molecule has 0 radical (unpaired) electrons. The fourth-order valence-electron chi connectivity index (χ4n) is 2.90. The Hall–Kier alpha value is -2.03. The lowest BCUT2D eigenvalue weighted by molar-refractivity contribution is -0.139. The number of morpholine rings is 1. The van der Waals surface area contributed by atoms with Crippen LogP contribution in [0.3, 0.4) is 0 Å². The monoisotopic (exact) mass is 350 g/mol. The van der Waals surface area contributed by atoms with Crippen molar-refractivity contribution < 1.29 is 23.1 Å². The maximum absolute atomic E-state index is 13.1. The smallest absolute Gasteiger partial charge is 0.305 e. The SMILES string of the molecule is Cc1cnc2c(S(=O)(=O)N3CCOCC3CC(=O)O)cccc2c1. The highest BCUT2D eigenvalue weighted by Crippen LogP contribution is 2.27. The molecule has 1 aliphatic heterocycles. The minimum Gasteiger partial charge on any atom is -0.481 e. The van der Waals surface area contributed by atoms with Crippen LogP contribution in [0.1, 0.15) is 12.0 Å². The van der Waals surface area contributed by atoms with E-state index in [9.17, 15) is 13.2 Å². The second kappa shape index (κ2) is 6.46. The fraction of sp³-hybridized carbons (Fsp3) is 0.375. The van der Waals surface area contributed by atoms with Gasteiger partial charge in [0.05, 0.1) is 31.2 Å². The maximum atomic E-state index is 13.1. The first-order valence-electron chi connectivity index (χ1n) is 7.56. The number of carboxylic acid groups (broad SMARTS) is 1. The summed E-state index contributed by atoms with van der Waals surface area (Å²) in [4.78, 5) is 15.4. The molecule has 1 N–H and O–H groups in total. The van der Waals surface area contributed by atoms with Crippen LogP contribution in [0, 0.1) is 6.92 Å². The van der Waals surface area contributed by atoms with Gasteiger partial charge in [-0.25, -0.2) is 8.42 Å². The summed E-state index contributed by atoms with van der Waals surface area (Å²) in [6, 6.07) is 6.13. The molecule has 8 heteroatoms. The van der Waals surface area contributed by atoms with E-state index in [1.54, 1.807) is 12.3 Å². The summed E-state index contributed by atoms with van der Waals surface area (Å²) < 4.78 is 32.7. The summed E-state index contributed by atoms with van der Waals surface area (Å²) in [6.45, 7) is 2.33. The number of aliphatic carboxylic acids is 1. The quantitative estimate of drug-likeness (QED) is 0.895. The van der Waals surface area contributed by atoms with E-state index in [0.29, 0.717) is 5.52 Å². The van der Waals surface area contributed by atoms with E-state index < -0.39 is 22.0 Å². The number of aromatic nitrogens is 1. The molecule has 24 heavy (non-hydrogen) atoms. The van der Waals surface area contributed by atoms with Gasteiger partial charge in [0.1, 0.15) is 4.90 Å². The molecule has 3 rings (SSSR count). The van der Waals surface area contributed by atoms with Crippen molar-refractivity contribution in [3.8, 4) is 0 Å². The second-order valence-electron chi connectivity index (χ2n) is 5.78. The van der Waals surface area contributed by atoms with Crippen molar-refractivity contribution in [2.75, 3.05) is 19.8 Å². The number of carboxylic acids is 1. The summed E-state index contributed by atoms with van der Waals surface area (Å²) in [5, 5.41) is 9.77. The Balaban J connectivity index is 2.08. The average Bonchev–Trinajstić information content (AvgIpc) is 2.53. The van der Waals surface area contributed by atoms with Gasteiger partial charge in [0, 0.05) is 18.1 Å². The van der Waals surface area contributed by atoms with Gasteiger partial charge < -0.3 is 9.84 Å². The molecule has 0 amide bonds. The van der Waals surface area contributed by atoms with Gasteiger partial charge >= 0.3 is 5.97 Å². The van der Waals surface area contributed by atoms with E-state index in [1.165, 1.54) is 10.4 Å². The van der Waals surface area contributed by atoms with Gasteiger partial charge in [0.25, 0.3) is 0 Å². The molecule has 1 fully saturated rings. The van der Waals surface area contributed by atoms with E-state index in [2.05, 4.69) is 4.98 Å². The lowest BCUT2D eigenvalue weighted by Crippen LogP contribution is -2.49. The van der Waals surface area contributed by atoms with Crippen molar-refractivity contribution in [1.29, 1.82) is 0 Å². The van der Waals surface area contributed by atoms with Gasteiger partial charge in [-0.05, 0) is 24.6 Å². The number of aryl methyl sites for hydroxylation is 1. The van der Waals surface area contributed by atoms with Crippen LogP contribution in [-0.2, 0) is 19.6 Å². The van der Waals surface area contributed by atoms with Gasteiger partial charge in [-0.3, -0.25) is 9.78 Å². The molecular weight excluding hydrogens is 332 g/mol. The zero-order chi connectivity index (χ0) is 17.3. The maximum Gasteiger partial charge on any atom is 0.305 e. The molecule has 0 saturated carbocycles. The first-order valence-corrected chi connectivity index (χ1v) is 9.00. The number of hydrogen-bond acceptors (Lipinski definition) is 5. The van der Waals surface area contributed by atoms with Crippen LogP contribution < -0.4 is 0 Å². The summed E-state index contributed by atoms with van der Waals surface area (Å²) in [5.74, 6) is -1.06. The Morgan fingerprint density at radius 2 is 2.25 bits per heavy atom. The largest absolute Gasteiger partial charge is 0.481 e. The van der Waals surface area contributed by atoms with E-state index in [4.69, 9.17) is 9.84 Å². The van der Waals surface area contributed by atoms with E-state index >= 15 is 0 Å². The average molecular weight is 350 g/mol. The third-order valence-electron chi connectivity index (χ3n) is 3.98. The third kappa shape index (κ3) is 3.12. The number of carbonyl (C=O) groups is 1.